The highest BCUT2D eigenvalue weighted by Crippen LogP contribution is 2.37. The fourth-order valence-corrected chi connectivity index (χ4v) is 3.19. The summed E-state index contributed by atoms with van der Waals surface area (Å²) in [5, 5.41) is 0.531. The molecular weight excluding hydrogens is 362 g/mol. The Hall–Kier alpha value is -0.785. The van der Waals surface area contributed by atoms with Crippen LogP contribution in [-0.4, -0.2) is 48.3 Å². The number of hydrogen-bond acceptors (Lipinski definition) is 4. The van der Waals surface area contributed by atoms with E-state index in [1.54, 1.807) is 23.1 Å². The van der Waals surface area contributed by atoms with Crippen molar-refractivity contribution in [2.75, 3.05) is 13.1 Å². The first-order chi connectivity index (χ1) is 11.1. The van der Waals surface area contributed by atoms with Crippen LogP contribution in [-0.2, 0) is 9.31 Å². The molecule has 2 aliphatic rings. The molecule has 2 heterocycles. The first kappa shape index (κ1) is 20.5. The third kappa shape index (κ3) is 3.83. The minimum Gasteiger partial charge on any atom is -0.399 e. The van der Waals surface area contributed by atoms with E-state index in [0.29, 0.717) is 29.1 Å². The highest BCUT2D eigenvalue weighted by atomic mass is 35.5. The summed E-state index contributed by atoms with van der Waals surface area (Å²) in [6.07, 6.45) is 0.837. The number of amides is 1. The fraction of sp³-hybridized carbons (Fsp3) is 0.588. The van der Waals surface area contributed by atoms with Crippen molar-refractivity contribution in [3.05, 3.63) is 28.8 Å². The van der Waals surface area contributed by atoms with E-state index in [1.165, 1.54) is 0 Å². The van der Waals surface area contributed by atoms with E-state index in [-0.39, 0.29) is 24.4 Å². The number of carbonyl (C=O) groups is 1. The standard InChI is InChI=1S/C17H24BClN2O3.ClH/c1-16(2)17(3,4)24-18(23-16)13-9-11(5-6-14(13)19)15(22)21-8-7-12(20)10-21;/h5-6,9,12H,7-8,10,20H2,1-4H3;1H. The Morgan fingerprint density at radius 3 is 2.40 bits per heavy atom. The molecule has 0 aliphatic carbocycles. The molecule has 2 saturated heterocycles. The number of likely N-dealkylation sites (tertiary alicyclic amines) is 1. The van der Waals surface area contributed by atoms with Crippen LogP contribution in [0.5, 0.6) is 0 Å². The summed E-state index contributed by atoms with van der Waals surface area (Å²) in [4.78, 5) is 14.5. The molecule has 0 spiro atoms. The molecule has 0 radical (unpaired) electrons. The molecule has 1 unspecified atom stereocenters. The van der Waals surface area contributed by atoms with E-state index < -0.39 is 18.3 Å². The molecule has 25 heavy (non-hydrogen) atoms. The third-order valence-corrected chi connectivity index (χ3v) is 5.61. The van der Waals surface area contributed by atoms with Gasteiger partial charge >= 0.3 is 7.12 Å². The summed E-state index contributed by atoms with van der Waals surface area (Å²) >= 11 is 6.35. The fourth-order valence-electron chi connectivity index (χ4n) is 2.98. The smallest absolute Gasteiger partial charge is 0.399 e. The van der Waals surface area contributed by atoms with Crippen molar-refractivity contribution in [2.45, 2.75) is 51.4 Å². The van der Waals surface area contributed by atoms with Crippen LogP contribution in [0.25, 0.3) is 0 Å². The number of halogens is 2. The number of benzene rings is 1. The molecule has 0 saturated carbocycles. The minimum absolute atomic E-state index is 0. The second-order valence-electron chi connectivity index (χ2n) is 7.62. The lowest BCUT2D eigenvalue weighted by Crippen LogP contribution is -2.41. The largest absolute Gasteiger partial charge is 0.496 e. The Morgan fingerprint density at radius 1 is 1.28 bits per heavy atom. The molecule has 2 N–H and O–H groups in total. The van der Waals surface area contributed by atoms with Crippen LogP contribution in [0.15, 0.2) is 18.2 Å². The van der Waals surface area contributed by atoms with Crippen LogP contribution >= 0.6 is 24.0 Å². The van der Waals surface area contributed by atoms with Gasteiger partial charge in [-0.25, -0.2) is 0 Å². The average Bonchev–Trinajstić information content (AvgIpc) is 3.00. The van der Waals surface area contributed by atoms with Crippen LogP contribution in [0, 0.1) is 0 Å². The summed E-state index contributed by atoms with van der Waals surface area (Å²) < 4.78 is 12.1. The Bertz CT molecular complexity index is 653. The first-order valence-corrected chi connectivity index (χ1v) is 8.68. The van der Waals surface area contributed by atoms with E-state index in [9.17, 15) is 4.79 Å². The van der Waals surface area contributed by atoms with Gasteiger partial charge in [0.2, 0.25) is 0 Å². The third-order valence-electron chi connectivity index (χ3n) is 5.26. The van der Waals surface area contributed by atoms with Gasteiger partial charge in [-0.1, -0.05) is 11.6 Å². The van der Waals surface area contributed by atoms with Crippen LogP contribution in [0.2, 0.25) is 5.02 Å². The number of nitrogens with two attached hydrogens (primary N) is 1. The molecule has 2 fully saturated rings. The Labute approximate surface area is 160 Å². The molecular formula is C17H25BCl2N2O3. The van der Waals surface area contributed by atoms with Gasteiger partial charge in [0.1, 0.15) is 0 Å². The van der Waals surface area contributed by atoms with Crippen LogP contribution in [0.1, 0.15) is 44.5 Å². The summed E-state index contributed by atoms with van der Waals surface area (Å²) in [6, 6.07) is 5.30. The van der Waals surface area contributed by atoms with Gasteiger partial charge in [-0.3, -0.25) is 4.79 Å². The highest BCUT2D eigenvalue weighted by molar-refractivity contribution is 6.65. The highest BCUT2D eigenvalue weighted by Gasteiger charge is 2.52. The van der Waals surface area contributed by atoms with Gasteiger partial charge in [-0.05, 0) is 52.3 Å². The summed E-state index contributed by atoms with van der Waals surface area (Å²) in [5.74, 6) is -0.0302. The van der Waals surface area contributed by atoms with Crippen LogP contribution in [0.3, 0.4) is 0 Å². The lowest BCUT2D eigenvalue weighted by Gasteiger charge is -2.32. The van der Waals surface area contributed by atoms with E-state index in [2.05, 4.69) is 0 Å². The molecule has 5 nitrogen and oxygen atoms in total. The van der Waals surface area contributed by atoms with Gasteiger partial charge in [-0.2, -0.15) is 0 Å². The average molecular weight is 387 g/mol. The second kappa shape index (κ2) is 7.08. The molecule has 2 aliphatic heterocycles. The van der Waals surface area contributed by atoms with Crippen molar-refractivity contribution in [3.8, 4) is 0 Å². The molecule has 138 valence electrons. The second-order valence-corrected chi connectivity index (χ2v) is 8.03. The molecule has 0 bridgehead atoms. The Balaban J connectivity index is 0.00000225. The van der Waals surface area contributed by atoms with Crippen LogP contribution < -0.4 is 11.2 Å². The number of nitrogens with zero attached hydrogens (tertiary/aromatic N) is 1. The molecule has 1 amide bonds. The van der Waals surface area contributed by atoms with Gasteiger partial charge in [-0.15, -0.1) is 12.4 Å². The summed E-state index contributed by atoms with van der Waals surface area (Å²) in [6.45, 7) is 9.23. The van der Waals surface area contributed by atoms with E-state index in [1.807, 2.05) is 27.7 Å². The summed E-state index contributed by atoms with van der Waals surface area (Å²) in [7, 11) is -0.587. The predicted octanol–water partition coefficient (Wildman–Crippen LogP) is 2.23. The van der Waals surface area contributed by atoms with Gasteiger partial charge in [0.15, 0.2) is 0 Å². The lowest BCUT2D eigenvalue weighted by atomic mass is 9.78. The maximum atomic E-state index is 12.7. The molecule has 3 rings (SSSR count). The van der Waals surface area contributed by atoms with E-state index >= 15 is 0 Å². The first-order valence-electron chi connectivity index (χ1n) is 8.31. The Morgan fingerprint density at radius 2 is 1.88 bits per heavy atom. The van der Waals surface area contributed by atoms with Crippen molar-refractivity contribution in [1.82, 2.24) is 4.90 Å². The maximum absolute atomic E-state index is 12.7. The van der Waals surface area contributed by atoms with Gasteiger partial charge in [0.25, 0.3) is 5.91 Å². The number of hydrogen-bond donors (Lipinski definition) is 1. The number of carbonyl (C=O) groups excluding carboxylic acids is 1. The maximum Gasteiger partial charge on any atom is 0.496 e. The summed E-state index contributed by atoms with van der Waals surface area (Å²) in [5.41, 5.74) is 6.25. The predicted molar refractivity (Wildman–Crippen MR) is 103 cm³/mol. The zero-order valence-electron chi connectivity index (χ0n) is 15.0. The topological polar surface area (TPSA) is 64.8 Å². The van der Waals surface area contributed by atoms with Gasteiger partial charge in [0, 0.05) is 35.2 Å². The lowest BCUT2D eigenvalue weighted by molar-refractivity contribution is 0.00578. The molecule has 8 heteroatoms. The van der Waals surface area contributed by atoms with Gasteiger partial charge in [0.05, 0.1) is 11.2 Å². The SMILES string of the molecule is CC1(C)OB(c2cc(C(=O)N3CCC(N)C3)ccc2Cl)OC1(C)C.Cl. The molecule has 1 aromatic carbocycles. The van der Waals surface area contributed by atoms with Crippen molar-refractivity contribution in [2.24, 2.45) is 5.73 Å². The molecule has 0 aromatic heterocycles. The van der Waals surface area contributed by atoms with Crippen molar-refractivity contribution >= 4 is 42.5 Å². The minimum atomic E-state index is -0.587. The zero-order chi connectivity index (χ0) is 17.7. The van der Waals surface area contributed by atoms with Crippen LogP contribution in [0.4, 0.5) is 0 Å². The molecule has 1 atom stereocenters. The molecule has 1 aromatic rings. The van der Waals surface area contributed by atoms with Gasteiger partial charge < -0.3 is 19.9 Å². The van der Waals surface area contributed by atoms with Crippen molar-refractivity contribution in [3.63, 3.8) is 0 Å². The van der Waals surface area contributed by atoms with E-state index in [4.69, 9.17) is 26.6 Å². The monoisotopic (exact) mass is 386 g/mol. The van der Waals surface area contributed by atoms with Crippen molar-refractivity contribution < 1.29 is 14.1 Å². The quantitative estimate of drug-likeness (QED) is 0.791. The zero-order valence-corrected chi connectivity index (χ0v) is 16.6. The van der Waals surface area contributed by atoms with E-state index in [0.717, 1.165) is 6.42 Å². The Kier molecular flexibility index (Phi) is 5.82. The van der Waals surface area contributed by atoms with Crippen molar-refractivity contribution in [1.29, 1.82) is 0 Å². The normalized spacial score (nSPS) is 24.3. The number of rotatable bonds is 2.